The van der Waals surface area contributed by atoms with Crippen molar-refractivity contribution in [3.8, 4) is 0 Å². The number of aliphatic imine (C=N–C) groups is 1. The number of thiazole rings is 1. The summed E-state index contributed by atoms with van der Waals surface area (Å²) in [4.78, 5) is 34.7. The average Bonchev–Trinajstić information content (AvgIpc) is 3.69. The summed E-state index contributed by atoms with van der Waals surface area (Å²) in [6.45, 7) is -2.83. The number of hydrogen-bond acceptors (Lipinski definition) is 9. The predicted molar refractivity (Wildman–Crippen MR) is 139 cm³/mol. The molecule has 4 heterocycles. The molecule has 16 heteroatoms. The van der Waals surface area contributed by atoms with Crippen LogP contribution in [0.15, 0.2) is 52.7 Å². The van der Waals surface area contributed by atoms with Gasteiger partial charge < -0.3 is 20.1 Å². The minimum atomic E-state index is -2.90. The number of alkyl carbamates (subject to hydrolysis) is 1. The third-order valence-electron chi connectivity index (χ3n) is 6.06. The second-order valence-electron chi connectivity index (χ2n) is 8.62. The maximum Gasteiger partial charge on any atom is 0.410 e. The molecule has 40 heavy (non-hydrogen) atoms. The molecule has 2 N–H and O–H groups in total. The lowest BCUT2D eigenvalue weighted by Crippen LogP contribution is -2.39. The van der Waals surface area contributed by atoms with Gasteiger partial charge in [0.2, 0.25) is 0 Å². The van der Waals surface area contributed by atoms with Crippen LogP contribution in [0.5, 0.6) is 0 Å². The number of rotatable bonds is 8. The molecule has 2 aromatic heterocycles. The lowest BCUT2D eigenvalue weighted by molar-refractivity contribution is 0.0564. The fourth-order valence-corrected chi connectivity index (χ4v) is 5.14. The van der Waals surface area contributed by atoms with E-state index in [1.807, 2.05) is 0 Å². The van der Waals surface area contributed by atoms with E-state index in [0.717, 1.165) is 12.3 Å². The Balaban J connectivity index is 1.57. The Morgan fingerprint density at radius 3 is 2.88 bits per heavy atom. The van der Waals surface area contributed by atoms with Crippen LogP contribution in [0.25, 0.3) is 5.57 Å². The number of amidine groups is 1. The van der Waals surface area contributed by atoms with Crippen LogP contribution < -0.4 is 10.6 Å². The zero-order chi connectivity index (χ0) is 28.4. The molecule has 2 atom stereocenters. The van der Waals surface area contributed by atoms with Gasteiger partial charge in [-0.3, -0.25) is 9.89 Å². The normalized spacial score (nSPS) is 19.0. The van der Waals surface area contributed by atoms with Gasteiger partial charge in [0.1, 0.15) is 18.0 Å². The number of hydrogen-bond donors (Lipinski definition) is 2. The number of carbonyl (C=O) groups is 2. The zero-order valence-corrected chi connectivity index (χ0v) is 22.3. The number of alkyl halides is 2. The number of carbonyl (C=O) groups excluding carboxylic acids is 2. The van der Waals surface area contributed by atoms with Crippen molar-refractivity contribution >= 4 is 46.5 Å². The van der Waals surface area contributed by atoms with Crippen molar-refractivity contribution in [3.05, 3.63) is 74.8 Å². The minimum Gasteiger partial charge on any atom is -0.453 e. The third-order valence-corrected chi connectivity index (χ3v) is 7.17. The first-order valence-electron chi connectivity index (χ1n) is 11.8. The van der Waals surface area contributed by atoms with Crippen LogP contribution in [-0.2, 0) is 9.47 Å². The molecule has 1 fully saturated rings. The molecule has 3 aromatic rings. The number of amides is 2. The highest BCUT2D eigenvalue weighted by Crippen LogP contribution is 2.41. The lowest BCUT2D eigenvalue weighted by atomic mass is 9.93. The molecule has 210 valence electrons. The molecule has 2 aliphatic rings. The summed E-state index contributed by atoms with van der Waals surface area (Å²) in [5.74, 6) is -0.227. The fraction of sp³-hybridized carbons (Fsp3) is 0.292. The molecule has 1 aromatic carbocycles. The average molecular weight is 596 g/mol. The van der Waals surface area contributed by atoms with Crippen LogP contribution in [0.2, 0.25) is 5.02 Å². The second-order valence-corrected chi connectivity index (χ2v) is 9.92. The first kappa shape index (κ1) is 27.5. The van der Waals surface area contributed by atoms with E-state index in [-0.39, 0.29) is 30.4 Å². The Labute approximate surface area is 234 Å². The summed E-state index contributed by atoms with van der Waals surface area (Å²) in [7, 11) is 1.21. The van der Waals surface area contributed by atoms with Crippen molar-refractivity contribution < 1.29 is 32.2 Å². The van der Waals surface area contributed by atoms with Gasteiger partial charge in [-0.25, -0.2) is 23.6 Å². The highest BCUT2D eigenvalue weighted by molar-refractivity contribution is 7.11. The standard InChI is InChI=1S/C24H21ClF3N7O4S/c1-38-23(36)30-9-13-10-34(24(37)39-13)11-17-18(16-4-6-35(33-16)22(27)28)19(14-3-2-12(26)8-15(14)25)32-20(31-17)21-29-5-7-40-21/h2-8,13,19,22H,9-11H2,1H3,(H,30,36)(H,31,32)/t13-,19+/m1/s1. The Hall–Kier alpha value is -4.11. The first-order chi connectivity index (χ1) is 19.2. The SMILES string of the molecule is COC(=O)NC[C@@H]1CN(CC2=C(c3ccn(C(F)F)n3)[C@H](c3ccc(F)cc3Cl)N=C(c3nccs3)N2)C(=O)O1. The number of halogens is 4. The van der Waals surface area contributed by atoms with Crippen molar-refractivity contribution in [1.82, 2.24) is 30.3 Å². The Bertz CT molecular complexity index is 1480. The van der Waals surface area contributed by atoms with Gasteiger partial charge >= 0.3 is 18.7 Å². The Kier molecular flexibility index (Phi) is 7.93. The molecule has 0 spiro atoms. The van der Waals surface area contributed by atoms with Gasteiger partial charge in [-0.05, 0) is 18.2 Å². The van der Waals surface area contributed by atoms with Gasteiger partial charge in [-0.15, -0.1) is 11.3 Å². The van der Waals surface area contributed by atoms with E-state index in [1.165, 1.54) is 41.5 Å². The maximum atomic E-state index is 13.9. The highest BCUT2D eigenvalue weighted by atomic mass is 35.5. The van der Waals surface area contributed by atoms with E-state index < -0.39 is 36.7 Å². The largest absolute Gasteiger partial charge is 0.453 e. The molecular weight excluding hydrogens is 575 g/mol. The second kappa shape index (κ2) is 11.6. The van der Waals surface area contributed by atoms with Crippen molar-refractivity contribution in [3.63, 3.8) is 0 Å². The van der Waals surface area contributed by atoms with Crippen molar-refractivity contribution in [2.45, 2.75) is 18.7 Å². The molecule has 11 nitrogen and oxygen atoms in total. The van der Waals surface area contributed by atoms with E-state index >= 15 is 0 Å². The molecule has 0 radical (unpaired) electrons. The summed E-state index contributed by atoms with van der Waals surface area (Å²) in [5, 5.41) is 12.0. The van der Waals surface area contributed by atoms with Crippen LogP contribution in [0.4, 0.5) is 22.8 Å². The van der Waals surface area contributed by atoms with E-state index in [2.05, 4.69) is 25.5 Å². The van der Waals surface area contributed by atoms with Gasteiger partial charge in [-0.2, -0.15) is 13.9 Å². The summed E-state index contributed by atoms with van der Waals surface area (Å²) in [5.41, 5.74) is 1.27. The molecular formula is C24H21ClF3N7O4S. The number of nitrogens with one attached hydrogen (secondary N) is 2. The quantitative estimate of drug-likeness (QED) is 0.400. The van der Waals surface area contributed by atoms with Gasteiger partial charge in [0.15, 0.2) is 10.8 Å². The summed E-state index contributed by atoms with van der Waals surface area (Å²) in [6.07, 6.45) is 0.715. The van der Waals surface area contributed by atoms with Crippen LogP contribution in [0, 0.1) is 5.82 Å². The van der Waals surface area contributed by atoms with Crippen LogP contribution in [-0.4, -0.2) is 70.5 Å². The van der Waals surface area contributed by atoms with Gasteiger partial charge in [-0.1, -0.05) is 17.7 Å². The number of nitrogens with zero attached hydrogens (tertiary/aromatic N) is 5. The predicted octanol–water partition coefficient (Wildman–Crippen LogP) is 4.21. The molecule has 0 saturated carbocycles. The summed E-state index contributed by atoms with van der Waals surface area (Å²) in [6, 6.07) is 4.27. The van der Waals surface area contributed by atoms with Gasteiger partial charge in [0.05, 0.1) is 32.4 Å². The van der Waals surface area contributed by atoms with Crippen LogP contribution in [0.1, 0.15) is 28.9 Å². The van der Waals surface area contributed by atoms with Gasteiger partial charge in [0.25, 0.3) is 0 Å². The Morgan fingerprint density at radius 1 is 1.38 bits per heavy atom. The topological polar surface area (TPSA) is 123 Å². The highest BCUT2D eigenvalue weighted by Gasteiger charge is 2.36. The van der Waals surface area contributed by atoms with Crippen LogP contribution in [0.3, 0.4) is 0 Å². The van der Waals surface area contributed by atoms with Crippen molar-refractivity contribution in [2.24, 2.45) is 4.99 Å². The number of ether oxygens (including phenoxy) is 2. The molecule has 1 saturated heterocycles. The number of benzene rings is 1. The van der Waals surface area contributed by atoms with Crippen molar-refractivity contribution in [1.29, 1.82) is 0 Å². The molecule has 2 amide bonds. The molecule has 0 aliphatic carbocycles. The minimum absolute atomic E-state index is 0.0205. The smallest absolute Gasteiger partial charge is 0.410 e. The third kappa shape index (κ3) is 5.74. The lowest BCUT2D eigenvalue weighted by Gasteiger charge is -2.29. The van der Waals surface area contributed by atoms with E-state index in [1.54, 1.807) is 11.6 Å². The summed E-state index contributed by atoms with van der Waals surface area (Å²) < 4.78 is 51.3. The number of methoxy groups -OCH3 is 1. The van der Waals surface area contributed by atoms with E-state index in [9.17, 15) is 22.8 Å². The van der Waals surface area contributed by atoms with E-state index in [4.69, 9.17) is 21.3 Å². The summed E-state index contributed by atoms with van der Waals surface area (Å²) >= 11 is 7.74. The molecule has 0 bridgehead atoms. The molecule has 0 unspecified atom stereocenters. The monoisotopic (exact) mass is 595 g/mol. The molecule has 2 aliphatic heterocycles. The van der Waals surface area contributed by atoms with E-state index in [0.29, 0.717) is 32.4 Å². The first-order valence-corrected chi connectivity index (χ1v) is 13.0. The fourth-order valence-electron chi connectivity index (χ4n) is 4.28. The number of aromatic nitrogens is 3. The maximum absolute atomic E-state index is 13.9. The van der Waals surface area contributed by atoms with Gasteiger partial charge in [0, 0.05) is 39.6 Å². The number of cyclic esters (lactones) is 1. The molecule has 5 rings (SSSR count). The zero-order valence-electron chi connectivity index (χ0n) is 20.7. The van der Waals surface area contributed by atoms with Crippen molar-refractivity contribution in [2.75, 3.05) is 26.7 Å². The van der Waals surface area contributed by atoms with Crippen LogP contribution >= 0.6 is 22.9 Å². The Morgan fingerprint density at radius 2 is 2.20 bits per heavy atom.